The molecule has 1 atom stereocenters. The van der Waals surface area contributed by atoms with Crippen LogP contribution in [0, 0.1) is 5.41 Å². The van der Waals surface area contributed by atoms with Crippen molar-refractivity contribution in [2.45, 2.75) is 46.1 Å². The Hall–Kier alpha value is -0.120. The minimum Gasteiger partial charge on any atom is -0.316 e. The van der Waals surface area contributed by atoms with Gasteiger partial charge in [-0.1, -0.05) is 6.92 Å². The molecule has 0 aliphatic carbocycles. The molecule has 1 unspecified atom stereocenters. The Bertz CT molecular complexity index is 255. The molecule has 0 amide bonds. The minimum absolute atomic E-state index is 0.336. The molecule has 2 fully saturated rings. The zero-order chi connectivity index (χ0) is 13.2. The molecule has 0 saturated carbocycles. The molecular weight excluding hydrogens is 222 g/mol. The van der Waals surface area contributed by atoms with Gasteiger partial charge in [0.1, 0.15) is 0 Å². The molecule has 0 aromatic carbocycles. The van der Waals surface area contributed by atoms with E-state index in [-0.39, 0.29) is 0 Å². The van der Waals surface area contributed by atoms with Gasteiger partial charge < -0.3 is 10.2 Å². The lowest BCUT2D eigenvalue weighted by Crippen LogP contribution is -2.56. The Balaban J connectivity index is 1.79. The third kappa shape index (κ3) is 3.69. The van der Waals surface area contributed by atoms with E-state index in [1.807, 2.05) is 0 Å². The highest BCUT2D eigenvalue weighted by Crippen LogP contribution is 2.27. The summed E-state index contributed by atoms with van der Waals surface area (Å²) >= 11 is 0. The van der Waals surface area contributed by atoms with Crippen molar-refractivity contribution in [3.63, 3.8) is 0 Å². The van der Waals surface area contributed by atoms with E-state index in [9.17, 15) is 0 Å². The molecule has 0 spiro atoms. The molecule has 3 nitrogen and oxygen atoms in total. The van der Waals surface area contributed by atoms with Gasteiger partial charge in [0.25, 0.3) is 0 Å². The molecule has 0 radical (unpaired) electrons. The van der Waals surface area contributed by atoms with Gasteiger partial charge in [0.05, 0.1) is 0 Å². The summed E-state index contributed by atoms with van der Waals surface area (Å²) in [6, 6.07) is 0. The fourth-order valence-electron chi connectivity index (χ4n) is 3.37. The Kier molecular flexibility index (Phi) is 4.35. The summed E-state index contributed by atoms with van der Waals surface area (Å²) in [5, 5.41) is 3.56. The third-order valence-electron chi connectivity index (χ3n) is 4.61. The second-order valence-electron chi connectivity index (χ2n) is 7.53. The van der Waals surface area contributed by atoms with Crippen LogP contribution in [0.1, 0.15) is 40.5 Å². The van der Waals surface area contributed by atoms with Crippen molar-refractivity contribution in [1.29, 1.82) is 0 Å². The lowest BCUT2D eigenvalue weighted by atomic mass is 9.82. The van der Waals surface area contributed by atoms with Crippen LogP contribution in [0.25, 0.3) is 0 Å². The van der Waals surface area contributed by atoms with Gasteiger partial charge in [-0.15, -0.1) is 0 Å². The molecule has 106 valence electrons. The summed E-state index contributed by atoms with van der Waals surface area (Å²) < 4.78 is 0. The second-order valence-corrected chi connectivity index (χ2v) is 7.53. The standard InChI is InChI=1S/C15H31N3/c1-14(2,3)18-10-8-17(9-11-18)13-15(4)6-5-7-16-12-15/h16H,5-13H2,1-4H3. The molecule has 0 aromatic rings. The second kappa shape index (κ2) is 5.48. The largest absolute Gasteiger partial charge is 0.316 e. The van der Waals surface area contributed by atoms with Crippen LogP contribution in [0.5, 0.6) is 0 Å². The average Bonchev–Trinajstić information content (AvgIpc) is 2.29. The van der Waals surface area contributed by atoms with Gasteiger partial charge in [-0.3, -0.25) is 4.90 Å². The van der Waals surface area contributed by atoms with E-state index in [1.54, 1.807) is 0 Å². The van der Waals surface area contributed by atoms with Crippen molar-refractivity contribution in [2.24, 2.45) is 5.41 Å². The zero-order valence-corrected chi connectivity index (χ0v) is 12.8. The van der Waals surface area contributed by atoms with E-state index in [1.165, 1.54) is 58.7 Å². The lowest BCUT2D eigenvalue weighted by molar-refractivity contribution is 0.0373. The van der Waals surface area contributed by atoms with Crippen LogP contribution < -0.4 is 5.32 Å². The number of rotatable bonds is 2. The van der Waals surface area contributed by atoms with Gasteiger partial charge in [-0.05, 0) is 45.6 Å². The van der Waals surface area contributed by atoms with Crippen molar-refractivity contribution in [2.75, 3.05) is 45.8 Å². The first-order valence-corrected chi connectivity index (χ1v) is 7.57. The van der Waals surface area contributed by atoms with E-state index >= 15 is 0 Å². The average molecular weight is 253 g/mol. The molecule has 0 aromatic heterocycles. The Labute approximate surface area is 113 Å². The maximum absolute atomic E-state index is 3.56. The Morgan fingerprint density at radius 2 is 1.78 bits per heavy atom. The lowest BCUT2D eigenvalue weighted by Gasteiger charge is -2.45. The van der Waals surface area contributed by atoms with Crippen molar-refractivity contribution < 1.29 is 0 Å². The molecule has 3 heteroatoms. The summed E-state index contributed by atoms with van der Waals surface area (Å²) in [4.78, 5) is 5.29. The quantitative estimate of drug-likeness (QED) is 0.809. The van der Waals surface area contributed by atoms with Crippen LogP contribution in [0.2, 0.25) is 0 Å². The van der Waals surface area contributed by atoms with Gasteiger partial charge in [-0.2, -0.15) is 0 Å². The summed E-state index contributed by atoms with van der Waals surface area (Å²) in [7, 11) is 0. The molecule has 0 bridgehead atoms. The Morgan fingerprint density at radius 1 is 1.11 bits per heavy atom. The smallest absolute Gasteiger partial charge is 0.0126 e. The van der Waals surface area contributed by atoms with E-state index < -0.39 is 0 Å². The van der Waals surface area contributed by atoms with Crippen LogP contribution in [-0.4, -0.2) is 61.2 Å². The number of piperazine rings is 1. The van der Waals surface area contributed by atoms with Crippen molar-refractivity contribution in [1.82, 2.24) is 15.1 Å². The molecule has 2 rings (SSSR count). The molecular formula is C15H31N3. The third-order valence-corrected chi connectivity index (χ3v) is 4.61. The highest BCUT2D eigenvalue weighted by atomic mass is 15.3. The number of piperidine rings is 1. The van der Waals surface area contributed by atoms with Gasteiger partial charge in [0.15, 0.2) is 0 Å². The first kappa shape index (κ1) is 14.3. The van der Waals surface area contributed by atoms with Crippen LogP contribution >= 0.6 is 0 Å². The van der Waals surface area contributed by atoms with Crippen LogP contribution in [0.3, 0.4) is 0 Å². The molecule has 2 heterocycles. The summed E-state index contributed by atoms with van der Waals surface area (Å²) in [6.45, 7) is 18.1. The Morgan fingerprint density at radius 3 is 2.28 bits per heavy atom. The molecule has 2 aliphatic heterocycles. The van der Waals surface area contributed by atoms with Crippen LogP contribution in [-0.2, 0) is 0 Å². The van der Waals surface area contributed by atoms with Crippen molar-refractivity contribution in [3.8, 4) is 0 Å². The van der Waals surface area contributed by atoms with Crippen LogP contribution in [0.4, 0.5) is 0 Å². The SMILES string of the molecule is CC1(CN2CCN(C(C)(C)C)CC2)CCCNC1. The molecule has 2 aliphatic rings. The van der Waals surface area contributed by atoms with Crippen molar-refractivity contribution >= 4 is 0 Å². The van der Waals surface area contributed by atoms with E-state index in [0.29, 0.717) is 11.0 Å². The molecule has 1 N–H and O–H groups in total. The van der Waals surface area contributed by atoms with Gasteiger partial charge in [0, 0.05) is 44.8 Å². The van der Waals surface area contributed by atoms with Gasteiger partial charge in [-0.25, -0.2) is 0 Å². The number of hydrogen-bond acceptors (Lipinski definition) is 3. The van der Waals surface area contributed by atoms with E-state index in [0.717, 1.165) is 0 Å². The monoisotopic (exact) mass is 253 g/mol. The summed E-state index contributed by atoms with van der Waals surface area (Å²) in [5.74, 6) is 0. The van der Waals surface area contributed by atoms with E-state index in [4.69, 9.17) is 0 Å². The first-order chi connectivity index (χ1) is 8.39. The number of hydrogen-bond donors (Lipinski definition) is 1. The summed E-state index contributed by atoms with van der Waals surface area (Å²) in [6.07, 6.45) is 2.73. The fourth-order valence-corrected chi connectivity index (χ4v) is 3.37. The minimum atomic E-state index is 0.336. The number of nitrogens with one attached hydrogen (secondary N) is 1. The maximum Gasteiger partial charge on any atom is 0.0126 e. The normalized spacial score (nSPS) is 32.7. The van der Waals surface area contributed by atoms with Crippen molar-refractivity contribution in [3.05, 3.63) is 0 Å². The van der Waals surface area contributed by atoms with Crippen LogP contribution in [0.15, 0.2) is 0 Å². The highest BCUT2D eigenvalue weighted by molar-refractivity contribution is 4.88. The summed E-state index contributed by atoms with van der Waals surface area (Å²) in [5.41, 5.74) is 0.838. The topological polar surface area (TPSA) is 18.5 Å². The zero-order valence-electron chi connectivity index (χ0n) is 12.8. The molecule has 2 saturated heterocycles. The van der Waals surface area contributed by atoms with Gasteiger partial charge >= 0.3 is 0 Å². The van der Waals surface area contributed by atoms with E-state index in [2.05, 4.69) is 42.8 Å². The fraction of sp³-hybridized carbons (Fsp3) is 1.00. The predicted molar refractivity (Wildman–Crippen MR) is 78.0 cm³/mol. The maximum atomic E-state index is 3.56. The predicted octanol–water partition coefficient (Wildman–Crippen LogP) is 1.79. The molecule has 18 heavy (non-hydrogen) atoms. The van der Waals surface area contributed by atoms with Gasteiger partial charge in [0.2, 0.25) is 0 Å². The highest BCUT2D eigenvalue weighted by Gasteiger charge is 2.32. The number of nitrogens with zero attached hydrogens (tertiary/aromatic N) is 2. The first-order valence-electron chi connectivity index (χ1n) is 7.57.